The summed E-state index contributed by atoms with van der Waals surface area (Å²) < 4.78 is 7.18. The number of phenols is 1. The Labute approximate surface area is 268 Å². The number of carbonyl (C=O) groups is 1. The maximum atomic E-state index is 12.7. The molecule has 47 heavy (non-hydrogen) atoms. The lowest BCUT2D eigenvalue weighted by molar-refractivity contribution is 0.176. The molecule has 2 heterocycles. The van der Waals surface area contributed by atoms with Crippen molar-refractivity contribution in [2.75, 3.05) is 11.9 Å². The molecule has 6 rings (SSSR count). The van der Waals surface area contributed by atoms with Crippen LogP contribution in [0.2, 0.25) is 0 Å². The number of hydrogen-bond acceptors (Lipinski definition) is 7. The topological polar surface area (TPSA) is 170 Å². The van der Waals surface area contributed by atoms with Gasteiger partial charge in [0, 0.05) is 36.7 Å². The van der Waals surface area contributed by atoms with Gasteiger partial charge in [-0.25, -0.2) is 9.59 Å². The number of H-pyrrole nitrogens is 1. The van der Waals surface area contributed by atoms with Crippen molar-refractivity contribution in [3.8, 4) is 16.9 Å². The van der Waals surface area contributed by atoms with E-state index in [0.29, 0.717) is 40.8 Å². The number of aromatic nitrogens is 2. The van der Waals surface area contributed by atoms with Gasteiger partial charge in [-0.1, -0.05) is 48.5 Å². The number of fused-ring (bicyclic) bond motifs is 2. The standard InChI is InChI=1S/C36H34N4O7/c41-30-15-11-25(26-12-16-33(43)39-34(26)30)31(42)21-37-20-23-10-14-29-32(19-23)47-36(46)40(29)17-5-4-6-22-9-13-28(38-35(44)45)27(18-22)24-7-2-1-3-8-24/h1-3,7-16,18-19,31,37-38,41-42H,4-6,17,20-21H2,(H,39,43)(H,44,45)/t31-/m1/s1. The number of aliphatic hydroxyl groups is 1. The number of hydrogen-bond donors (Lipinski definition) is 6. The third-order valence-corrected chi connectivity index (χ3v) is 8.17. The molecule has 1 amide bonds. The molecule has 2 aromatic heterocycles. The molecule has 0 saturated carbocycles. The highest BCUT2D eigenvalue weighted by Crippen LogP contribution is 2.30. The highest BCUT2D eigenvalue weighted by atomic mass is 16.4. The van der Waals surface area contributed by atoms with Gasteiger partial charge < -0.3 is 30.0 Å². The molecular weight excluding hydrogens is 600 g/mol. The summed E-state index contributed by atoms with van der Waals surface area (Å²) in [5.74, 6) is -0.490. The van der Waals surface area contributed by atoms with Crippen molar-refractivity contribution in [3.05, 3.63) is 129 Å². The smallest absolute Gasteiger partial charge is 0.419 e. The number of oxazole rings is 1. The van der Waals surface area contributed by atoms with Crippen molar-refractivity contribution in [2.45, 2.75) is 38.5 Å². The number of aromatic amines is 1. The zero-order valence-electron chi connectivity index (χ0n) is 25.4. The third kappa shape index (κ3) is 7.11. The van der Waals surface area contributed by atoms with E-state index in [4.69, 9.17) is 4.42 Å². The van der Waals surface area contributed by atoms with Crippen molar-refractivity contribution in [2.24, 2.45) is 0 Å². The molecule has 0 aliphatic rings. The molecule has 6 aromatic rings. The molecule has 0 unspecified atom stereocenters. The molecule has 0 saturated heterocycles. The van der Waals surface area contributed by atoms with E-state index in [-0.39, 0.29) is 23.4 Å². The first-order chi connectivity index (χ1) is 22.8. The van der Waals surface area contributed by atoms with Crippen molar-refractivity contribution in [1.82, 2.24) is 14.9 Å². The third-order valence-electron chi connectivity index (χ3n) is 8.17. The van der Waals surface area contributed by atoms with E-state index >= 15 is 0 Å². The summed E-state index contributed by atoms with van der Waals surface area (Å²) in [5, 5.41) is 36.4. The van der Waals surface area contributed by atoms with Crippen LogP contribution in [0.1, 0.15) is 35.6 Å². The van der Waals surface area contributed by atoms with Crippen LogP contribution in [0.4, 0.5) is 10.5 Å². The lowest BCUT2D eigenvalue weighted by Gasteiger charge is -2.15. The Bertz CT molecular complexity index is 2170. The number of aryl methyl sites for hydroxylation is 2. The zero-order valence-corrected chi connectivity index (χ0v) is 25.4. The maximum Gasteiger partial charge on any atom is 0.419 e. The number of phenolic OH excluding ortho intramolecular Hbond substituents is 1. The van der Waals surface area contributed by atoms with Gasteiger partial charge in [-0.05, 0) is 77.9 Å². The van der Waals surface area contributed by atoms with E-state index < -0.39 is 18.0 Å². The summed E-state index contributed by atoms with van der Waals surface area (Å²) in [4.78, 5) is 38.3. The average Bonchev–Trinajstić information content (AvgIpc) is 3.37. The molecular formula is C36H34N4O7. The van der Waals surface area contributed by atoms with E-state index in [2.05, 4.69) is 15.6 Å². The summed E-state index contributed by atoms with van der Waals surface area (Å²) in [7, 11) is 0. The van der Waals surface area contributed by atoms with Gasteiger partial charge in [0.2, 0.25) is 5.56 Å². The Hall–Kier alpha value is -5.65. The molecule has 4 aromatic carbocycles. The van der Waals surface area contributed by atoms with Crippen molar-refractivity contribution in [1.29, 1.82) is 0 Å². The Morgan fingerprint density at radius 2 is 1.72 bits per heavy atom. The van der Waals surface area contributed by atoms with Gasteiger partial charge in [0.25, 0.3) is 0 Å². The molecule has 11 nitrogen and oxygen atoms in total. The second-order valence-corrected chi connectivity index (χ2v) is 11.4. The number of rotatable bonds is 12. The molecule has 0 fully saturated rings. The Kier molecular flexibility index (Phi) is 9.18. The highest BCUT2D eigenvalue weighted by Gasteiger charge is 2.15. The van der Waals surface area contributed by atoms with Crippen LogP contribution < -0.4 is 21.9 Å². The van der Waals surface area contributed by atoms with Crippen LogP contribution in [0, 0.1) is 0 Å². The van der Waals surface area contributed by atoms with Crippen LogP contribution in [0.5, 0.6) is 5.75 Å². The summed E-state index contributed by atoms with van der Waals surface area (Å²) in [6.07, 6.45) is 0.309. The number of nitrogens with one attached hydrogen (secondary N) is 3. The van der Waals surface area contributed by atoms with Gasteiger partial charge in [0.1, 0.15) is 5.75 Å². The van der Waals surface area contributed by atoms with Crippen molar-refractivity contribution in [3.63, 3.8) is 0 Å². The van der Waals surface area contributed by atoms with Gasteiger partial charge in [0.05, 0.1) is 22.8 Å². The monoisotopic (exact) mass is 634 g/mol. The molecule has 0 bridgehead atoms. The van der Waals surface area contributed by atoms with Gasteiger partial charge in [-0.3, -0.25) is 14.7 Å². The minimum atomic E-state index is -1.12. The molecule has 240 valence electrons. The number of aromatic hydroxyl groups is 1. The maximum absolute atomic E-state index is 12.7. The molecule has 1 atom stereocenters. The molecule has 0 aliphatic heterocycles. The Morgan fingerprint density at radius 1 is 0.915 bits per heavy atom. The largest absolute Gasteiger partial charge is 0.506 e. The fraction of sp³-hybridized carbons (Fsp3) is 0.194. The van der Waals surface area contributed by atoms with Crippen LogP contribution in [0.3, 0.4) is 0 Å². The fourth-order valence-electron chi connectivity index (χ4n) is 5.87. The summed E-state index contributed by atoms with van der Waals surface area (Å²) in [6.45, 7) is 1.12. The second-order valence-electron chi connectivity index (χ2n) is 11.4. The number of aliphatic hydroxyl groups excluding tert-OH is 1. The van der Waals surface area contributed by atoms with Gasteiger partial charge in [-0.15, -0.1) is 0 Å². The van der Waals surface area contributed by atoms with Crippen LogP contribution in [0.15, 0.2) is 105 Å². The number of benzene rings is 4. The normalized spacial score (nSPS) is 12.0. The van der Waals surface area contributed by atoms with E-state index in [9.17, 15) is 29.7 Å². The lowest BCUT2D eigenvalue weighted by atomic mass is 9.98. The summed E-state index contributed by atoms with van der Waals surface area (Å²) in [6, 6.07) is 26.9. The van der Waals surface area contributed by atoms with Crippen LogP contribution in [-0.2, 0) is 19.5 Å². The van der Waals surface area contributed by atoms with Crippen molar-refractivity contribution >= 4 is 33.8 Å². The number of nitrogens with zero attached hydrogens (tertiary/aromatic N) is 1. The van der Waals surface area contributed by atoms with E-state index in [1.165, 1.54) is 12.1 Å². The number of anilines is 1. The molecule has 0 radical (unpaired) electrons. The summed E-state index contributed by atoms with van der Waals surface area (Å²) >= 11 is 0. The molecule has 6 N–H and O–H groups in total. The fourth-order valence-corrected chi connectivity index (χ4v) is 5.87. The first-order valence-electron chi connectivity index (χ1n) is 15.3. The van der Waals surface area contributed by atoms with E-state index in [0.717, 1.165) is 41.5 Å². The molecule has 11 heteroatoms. The van der Waals surface area contributed by atoms with Crippen LogP contribution in [-0.4, -0.2) is 37.5 Å². The minimum Gasteiger partial charge on any atom is -0.506 e. The average molecular weight is 635 g/mol. The Balaban J connectivity index is 1.06. The number of amides is 1. The highest BCUT2D eigenvalue weighted by molar-refractivity contribution is 5.91. The zero-order chi connectivity index (χ0) is 32.9. The van der Waals surface area contributed by atoms with Gasteiger partial charge >= 0.3 is 11.8 Å². The first-order valence-corrected chi connectivity index (χ1v) is 15.3. The minimum absolute atomic E-state index is 0.0669. The number of unbranched alkanes of at least 4 members (excludes halogenated alkanes) is 1. The van der Waals surface area contributed by atoms with Crippen LogP contribution in [0.25, 0.3) is 33.1 Å². The van der Waals surface area contributed by atoms with E-state index in [1.807, 2.05) is 60.7 Å². The number of carboxylic acid groups (broad SMARTS) is 1. The molecule has 0 aliphatic carbocycles. The molecule has 0 spiro atoms. The lowest BCUT2D eigenvalue weighted by Crippen LogP contribution is -2.21. The van der Waals surface area contributed by atoms with Gasteiger partial charge in [0.15, 0.2) is 5.58 Å². The van der Waals surface area contributed by atoms with Crippen LogP contribution >= 0.6 is 0 Å². The Morgan fingerprint density at radius 3 is 2.53 bits per heavy atom. The predicted octanol–water partition coefficient (Wildman–Crippen LogP) is 5.74. The van der Waals surface area contributed by atoms with Gasteiger partial charge in [-0.2, -0.15) is 0 Å². The first kappa shape index (κ1) is 31.3. The van der Waals surface area contributed by atoms with E-state index in [1.54, 1.807) is 22.8 Å². The quantitative estimate of drug-likeness (QED) is 0.0926. The summed E-state index contributed by atoms with van der Waals surface area (Å²) in [5.41, 5.74) is 5.91. The SMILES string of the molecule is O=C(O)Nc1ccc(CCCCn2c(=O)oc3cc(CNC[C@@H](O)c4ccc(O)c5[nH]c(=O)ccc45)ccc32)cc1-c1ccccc1. The predicted molar refractivity (Wildman–Crippen MR) is 180 cm³/mol. The number of pyridine rings is 1. The van der Waals surface area contributed by atoms with Crippen molar-refractivity contribution < 1.29 is 24.5 Å². The second kappa shape index (κ2) is 13.8.